The molecule has 0 fully saturated rings. The summed E-state index contributed by atoms with van der Waals surface area (Å²) in [7, 11) is -2.01. The average molecular weight is 362 g/mol. The molecule has 1 aromatic rings. The third-order valence-corrected chi connectivity index (χ3v) is 4.50. The molecule has 0 saturated heterocycles. The molecule has 1 heterocycles. The van der Waals surface area contributed by atoms with Crippen molar-refractivity contribution in [3.8, 4) is 0 Å². The van der Waals surface area contributed by atoms with E-state index in [-0.39, 0.29) is 9.63 Å². The molecule has 0 atom stereocenters. The van der Waals surface area contributed by atoms with E-state index in [4.69, 9.17) is 0 Å². The Morgan fingerprint density at radius 2 is 2.20 bits per heavy atom. The molecular formula is C6H10Br2N4O2S. The zero-order valence-corrected chi connectivity index (χ0v) is 11.9. The van der Waals surface area contributed by atoms with E-state index in [1.165, 1.54) is 11.7 Å². The van der Waals surface area contributed by atoms with E-state index in [2.05, 4.69) is 46.9 Å². The van der Waals surface area contributed by atoms with E-state index in [1.807, 2.05) is 0 Å². The number of hydrogen-bond acceptors (Lipinski definition) is 4. The summed E-state index contributed by atoms with van der Waals surface area (Å²) in [4.78, 5) is 0. The van der Waals surface area contributed by atoms with E-state index < -0.39 is 10.0 Å². The fraction of sp³-hybridized carbons (Fsp3) is 0.667. The second-order valence-corrected chi connectivity index (χ2v) is 5.98. The first-order valence-corrected chi connectivity index (χ1v) is 7.49. The van der Waals surface area contributed by atoms with Crippen LogP contribution >= 0.6 is 31.9 Å². The fourth-order valence-electron chi connectivity index (χ4n) is 0.950. The van der Waals surface area contributed by atoms with Gasteiger partial charge in [0.2, 0.25) is 5.03 Å². The number of halogens is 2. The van der Waals surface area contributed by atoms with E-state index >= 15 is 0 Å². The summed E-state index contributed by atoms with van der Waals surface area (Å²) in [6, 6.07) is 0. The number of aromatic nitrogens is 3. The second kappa shape index (κ2) is 5.37. The number of nitrogens with zero attached hydrogens (tertiary/aromatic N) is 3. The maximum Gasteiger partial charge on any atom is 0.260 e. The van der Waals surface area contributed by atoms with E-state index in [1.54, 1.807) is 0 Å². The molecule has 0 aliphatic carbocycles. The van der Waals surface area contributed by atoms with Gasteiger partial charge in [-0.3, -0.25) is 0 Å². The van der Waals surface area contributed by atoms with Gasteiger partial charge >= 0.3 is 0 Å². The Labute approximate surface area is 105 Å². The third kappa shape index (κ3) is 3.23. The SMILES string of the molecule is Cn1nnc(Br)c1S(=O)(=O)NCCCBr. The van der Waals surface area contributed by atoms with Crippen molar-refractivity contribution < 1.29 is 8.42 Å². The molecule has 15 heavy (non-hydrogen) atoms. The van der Waals surface area contributed by atoms with Crippen LogP contribution in [0.4, 0.5) is 0 Å². The summed E-state index contributed by atoms with van der Waals surface area (Å²) in [6.45, 7) is 0.380. The van der Waals surface area contributed by atoms with Gasteiger partial charge in [-0.25, -0.2) is 17.8 Å². The largest absolute Gasteiger partial charge is 0.260 e. The van der Waals surface area contributed by atoms with Gasteiger partial charge in [0.1, 0.15) is 0 Å². The average Bonchev–Trinajstić information content (AvgIpc) is 2.46. The summed E-state index contributed by atoms with van der Waals surface area (Å²) in [5.41, 5.74) is 0. The number of rotatable bonds is 5. The molecule has 0 bridgehead atoms. The predicted molar refractivity (Wildman–Crippen MR) is 62.3 cm³/mol. The topological polar surface area (TPSA) is 76.9 Å². The Morgan fingerprint density at radius 3 is 2.67 bits per heavy atom. The maximum atomic E-state index is 11.8. The Kier molecular flexibility index (Phi) is 4.68. The summed E-state index contributed by atoms with van der Waals surface area (Å²) in [6.07, 6.45) is 0.724. The molecule has 0 aliphatic heterocycles. The second-order valence-electron chi connectivity index (χ2n) is 2.75. The van der Waals surface area contributed by atoms with Crippen LogP contribution in [0.5, 0.6) is 0 Å². The van der Waals surface area contributed by atoms with Crippen molar-refractivity contribution in [3.05, 3.63) is 4.60 Å². The molecule has 1 aromatic heterocycles. The molecule has 86 valence electrons. The molecule has 0 radical (unpaired) electrons. The predicted octanol–water partition coefficient (Wildman–Crippen LogP) is 0.641. The van der Waals surface area contributed by atoms with Crippen LogP contribution < -0.4 is 4.72 Å². The Bertz CT molecular complexity index is 411. The van der Waals surface area contributed by atoms with Gasteiger partial charge in [-0.15, -0.1) is 5.10 Å². The molecule has 1 N–H and O–H groups in total. The molecule has 9 heteroatoms. The van der Waals surface area contributed by atoms with Gasteiger partial charge in [-0.05, 0) is 22.4 Å². The number of alkyl halides is 1. The highest BCUT2D eigenvalue weighted by atomic mass is 79.9. The molecule has 0 aromatic carbocycles. The number of hydrogen-bond donors (Lipinski definition) is 1. The van der Waals surface area contributed by atoms with Crippen LogP contribution in [0, 0.1) is 0 Å². The summed E-state index contributed by atoms with van der Waals surface area (Å²) in [5.74, 6) is 0. The minimum atomic E-state index is -3.53. The van der Waals surface area contributed by atoms with Gasteiger partial charge in [-0.1, -0.05) is 21.1 Å². The number of sulfonamides is 1. The fourth-order valence-corrected chi connectivity index (χ4v) is 3.39. The van der Waals surface area contributed by atoms with Crippen molar-refractivity contribution in [1.29, 1.82) is 0 Å². The van der Waals surface area contributed by atoms with Gasteiger partial charge in [0.15, 0.2) is 4.60 Å². The first kappa shape index (κ1) is 13.1. The molecular weight excluding hydrogens is 352 g/mol. The molecule has 0 saturated carbocycles. The minimum Gasteiger partial charge on any atom is -0.235 e. The summed E-state index contributed by atoms with van der Waals surface area (Å²) < 4.78 is 27.4. The van der Waals surface area contributed by atoms with Gasteiger partial charge < -0.3 is 0 Å². The monoisotopic (exact) mass is 360 g/mol. The van der Waals surface area contributed by atoms with Crippen molar-refractivity contribution >= 4 is 41.9 Å². The normalized spacial score (nSPS) is 11.9. The first-order chi connectivity index (χ1) is 6.99. The highest BCUT2D eigenvalue weighted by Gasteiger charge is 2.22. The van der Waals surface area contributed by atoms with Gasteiger partial charge in [0.25, 0.3) is 10.0 Å². The van der Waals surface area contributed by atoms with Crippen molar-refractivity contribution in [3.63, 3.8) is 0 Å². The lowest BCUT2D eigenvalue weighted by atomic mass is 10.5. The van der Waals surface area contributed by atoms with Crippen molar-refractivity contribution in [1.82, 2.24) is 19.7 Å². The quantitative estimate of drug-likeness (QED) is 0.616. The van der Waals surface area contributed by atoms with E-state index in [0.717, 1.165) is 11.8 Å². The lowest BCUT2D eigenvalue weighted by Crippen LogP contribution is -2.27. The maximum absolute atomic E-state index is 11.8. The van der Waals surface area contributed by atoms with Gasteiger partial charge in [0, 0.05) is 18.9 Å². The van der Waals surface area contributed by atoms with Crippen molar-refractivity contribution in [2.24, 2.45) is 7.05 Å². The van der Waals surface area contributed by atoms with Gasteiger partial charge in [-0.2, -0.15) is 0 Å². The van der Waals surface area contributed by atoms with Crippen LogP contribution in [-0.2, 0) is 17.1 Å². The lowest BCUT2D eigenvalue weighted by molar-refractivity contribution is 0.560. The summed E-state index contributed by atoms with van der Waals surface area (Å²) >= 11 is 6.26. The summed E-state index contributed by atoms with van der Waals surface area (Å²) in [5, 5.41) is 8.00. The first-order valence-electron chi connectivity index (χ1n) is 4.10. The molecule has 0 unspecified atom stereocenters. The minimum absolute atomic E-state index is 0.0390. The molecule has 0 aliphatic rings. The van der Waals surface area contributed by atoms with Crippen LogP contribution in [0.3, 0.4) is 0 Å². The van der Waals surface area contributed by atoms with Crippen LogP contribution in [-0.4, -0.2) is 35.3 Å². The number of aryl methyl sites for hydroxylation is 1. The van der Waals surface area contributed by atoms with Crippen molar-refractivity contribution in [2.45, 2.75) is 11.4 Å². The lowest BCUT2D eigenvalue weighted by Gasteiger charge is -2.05. The van der Waals surface area contributed by atoms with Crippen LogP contribution in [0.25, 0.3) is 0 Å². The van der Waals surface area contributed by atoms with E-state index in [9.17, 15) is 8.42 Å². The molecule has 0 amide bonds. The zero-order chi connectivity index (χ0) is 11.5. The zero-order valence-electron chi connectivity index (χ0n) is 7.94. The standard InChI is InChI=1S/C6H10Br2N4O2S/c1-12-6(5(8)10-11-12)15(13,14)9-4-2-3-7/h9H,2-4H2,1H3. The van der Waals surface area contributed by atoms with Gasteiger partial charge in [0.05, 0.1) is 0 Å². The Hall–Kier alpha value is 0.01000. The van der Waals surface area contributed by atoms with E-state index in [0.29, 0.717) is 6.54 Å². The number of nitrogens with one attached hydrogen (secondary N) is 1. The van der Waals surface area contributed by atoms with Crippen LogP contribution in [0.1, 0.15) is 6.42 Å². The molecule has 6 nitrogen and oxygen atoms in total. The molecule has 0 spiro atoms. The Balaban J connectivity index is 2.87. The highest BCUT2D eigenvalue weighted by molar-refractivity contribution is 9.10. The highest BCUT2D eigenvalue weighted by Crippen LogP contribution is 2.17. The van der Waals surface area contributed by atoms with Crippen molar-refractivity contribution in [2.75, 3.05) is 11.9 Å². The Morgan fingerprint density at radius 1 is 1.53 bits per heavy atom. The smallest absolute Gasteiger partial charge is 0.235 e. The molecule has 1 rings (SSSR count). The third-order valence-electron chi connectivity index (χ3n) is 1.59. The van der Waals surface area contributed by atoms with Crippen LogP contribution in [0.2, 0.25) is 0 Å². The van der Waals surface area contributed by atoms with Crippen LogP contribution in [0.15, 0.2) is 9.63 Å².